The number of benzene rings is 1. The Labute approximate surface area is 112 Å². The molecule has 0 spiro atoms. The minimum atomic E-state index is -0.915. The van der Waals surface area contributed by atoms with Gasteiger partial charge >= 0.3 is 5.97 Å². The Morgan fingerprint density at radius 1 is 1.21 bits per heavy atom. The van der Waals surface area contributed by atoms with Crippen LogP contribution in [0.1, 0.15) is 42.1 Å². The average molecular weight is 258 g/mol. The van der Waals surface area contributed by atoms with Crippen molar-refractivity contribution in [3.63, 3.8) is 0 Å². The lowest BCUT2D eigenvalue weighted by molar-refractivity contribution is -0.218. The molecule has 0 aliphatic heterocycles. The molecule has 4 aliphatic rings. The normalized spacial score (nSPS) is 46.1. The van der Waals surface area contributed by atoms with Gasteiger partial charge in [0.2, 0.25) is 0 Å². The minimum absolute atomic E-state index is 0.0163. The van der Waals surface area contributed by atoms with Crippen molar-refractivity contribution >= 4 is 5.97 Å². The number of carboxylic acid groups (broad SMARTS) is 1. The van der Waals surface area contributed by atoms with E-state index in [2.05, 4.69) is 6.92 Å². The first-order valence-corrected chi connectivity index (χ1v) is 7.06. The molecule has 0 heterocycles. The summed E-state index contributed by atoms with van der Waals surface area (Å²) in [6.07, 6.45) is 3.63. The lowest BCUT2D eigenvalue weighted by Gasteiger charge is -2.58. The molecule has 0 radical (unpaired) electrons. The number of carbonyl (C=O) groups is 1. The highest BCUT2D eigenvalue weighted by Gasteiger charge is 2.79. The number of aromatic carboxylic acids is 1. The molecular weight excluding hydrogens is 240 g/mol. The van der Waals surface area contributed by atoms with Crippen molar-refractivity contribution < 1.29 is 15.0 Å². The van der Waals surface area contributed by atoms with Gasteiger partial charge in [-0.05, 0) is 54.7 Å². The Balaban J connectivity index is 1.76. The smallest absolute Gasteiger partial charge is 0.335 e. The highest BCUT2D eigenvalue weighted by Crippen LogP contribution is 2.80. The van der Waals surface area contributed by atoms with Gasteiger partial charge in [-0.2, -0.15) is 0 Å². The van der Waals surface area contributed by atoms with E-state index >= 15 is 0 Å². The van der Waals surface area contributed by atoms with Crippen LogP contribution in [0.3, 0.4) is 0 Å². The van der Waals surface area contributed by atoms with Crippen molar-refractivity contribution in [3.8, 4) is 0 Å². The number of hydrogen-bond acceptors (Lipinski definition) is 2. The molecule has 19 heavy (non-hydrogen) atoms. The van der Waals surface area contributed by atoms with E-state index in [-0.39, 0.29) is 11.0 Å². The van der Waals surface area contributed by atoms with Crippen LogP contribution in [0.4, 0.5) is 0 Å². The van der Waals surface area contributed by atoms with Crippen LogP contribution >= 0.6 is 0 Å². The standard InChI is InChI=1S/C16H18O3/c1-15-11-6-7-12(15)13(8-11)16(15,19)10-4-2-9(3-5-10)14(17)18/h2-5,11-13,19H,6-8H2,1H3,(H,17,18)/t11-,12+,13-,15+,16+/m0/s1. The summed E-state index contributed by atoms with van der Waals surface area (Å²) < 4.78 is 0. The summed E-state index contributed by atoms with van der Waals surface area (Å²) in [4.78, 5) is 10.9. The summed E-state index contributed by atoms with van der Waals surface area (Å²) >= 11 is 0. The van der Waals surface area contributed by atoms with Crippen LogP contribution in [0, 0.1) is 23.2 Å². The van der Waals surface area contributed by atoms with Gasteiger partial charge in [-0.25, -0.2) is 4.79 Å². The van der Waals surface area contributed by atoms with Gasteiger partial charge < -0.3 is 10.2 Å². The molecule has 1 aromatic carbocycles. The van der Waals surface area contributed by atoms with Gasteiger partial charge in [0.25, 0.3) is 0 Å². The molecule has 3 nitrogen and oxygen atoms in total. The third-order valence-corrected chi connectivity index (χ3v) is 6.40. The van der Waals surface area contributed by atoms with Crippen molar-refractivity contribution in [2.24, 2.45) is 23.2 Å². The number of carboxylic acids is 1. The Hall–Kier alpha value is -1.35. The zero-order chi connectivity index (χ0) is 13.4. The second-order valence-corrected chi connectivity index (χ2v) is 6.65. The van der Waals surface area contributed by atoms with Crippen LogP contribution in [0.15, 0.2) is 24.3 Å². The third kappa shape index (κ3) is 1.04. The van der Waals surface area contributed by atoms with Gasteiger partial charge in [0.05, 0.1) is 11.2 Å². The monoisotopic (exact) mass is 258 g/mol. The average Bonchev–Trinajstić information content (AvgIpc) is 2.97. The summed E-state index contributed by atoms with van der Waals surface area (Å²) in [6, 6.07) is 6.83. The van der Waals surface area contributed by atoms with Crippen molar-refractivity contribution in [3.05, 3.63) is 35.4 Å². The van der Waals surface area contributed by atoms with E-state index in [0.29, 0.717) is 17.8 Å². The van der Waals surface area contributed by atoms with Gasteiger partial charge in [-0.15, -0.1) is 0 Å². The van der Waals surface area contributed by atoms with Gasteiger partial charge in [-0.1, -0.05) is 19.1 Å². The Kier molecular flexibility index (Phi) is 1.94. The van der Waals surface area contributed by atoms with Crippen LogP contribution in [0.5, 0.6) is 0 Å². The van der Waals surface area contributed by atoms with Gasteiger partial charge in [-0.3, -0.25) is 0 Å². The molecule has 100 valence electrons. The fourth-order valence-corrected chi connectivity index (χ4v) is 5.49. The number of hydrogen-bond donors (Lipinski definition) is 2. The summed E-state index contributed by atoms with van der Waals surface area (Å²) in [5, 5.41) is 20.2. The quantitative estimate of drug-likeness (QED) is 0.857. The second-order valence-electron chi connectivity index (χ2n) is 6.65. The van der Waals surface area contributed by atoms with Crippen molar-refractivity contribution in [2.45, 2.75) is 31.8 Å². The molecule has 0 amide bonds. The molecule has 4 saturated carbocycles. The van der Waals surface area contributed by atoms with E-state index < -0.39 is 11.6 Å². The third-order valence-electron chi connectivity index (χ3n) is 6.40. The highest BCUT2D eigenvalue weighted by molar-refractivity contribution is 5.87. The van der Waals surface area contributed by atoms with Crippen LogP contribution in [0.2, 0.25) is 0 Å². The van der Waals surface area contributed by atoms with Crippen LogP contribution in [-0.4, -0.2) is 16.2 Å². The lowest BCUT2D eigenvalue weighted by Crippen LogP contribution is -2.60. The molecule has 0 aromatic heterocycles. The maximum atomic E-state index is 11.2. The van der Waals surface area contributed by atoms with Crippen LogP contribution in [0.25, 0.3) is 0 Å². The van der Waals surface area contributed by atoms with Crippen LogP contribution < -0.4 is 0 Å². The molecule has 0 saturated heterocycles. The molecule has 0 unspecified atom stereocenters. The maximum absolute atomic E-state index is 11.2. The zero-order valence-electron chi connectivity index (χ0n) is 11.0. The molecule has 2 N–H and O–H groups in total. The maximum Gasteiger partial charge on any atom is 0.335 e. The molecule has 5 rings (SSSR count). The molecule has 3 heteroatoms. The van der Waals surface area contributed by atoms with E-state index in [1.165, 1.54) is 12.8 Å². The number of rotatable bonds is 2. The Morgan fingerprint density at radius 2 is 1.89 bits per heavy atom. The van der Waals surface area contributed by atoms with E-state index in [1.807, 2.05) is 0 Å². The number of aliphatic hydroxyl groups is 1. The lowest BCUT2D eigenvalue weighted by atomic mass is 9.49. The summed E-state index contributed by atoms with van der Waals surface area (Å²) in [6.45, 7) is 2.23. The highest BCUT2D eigenvalue weighted by atomic mass is 16.4. The van der Waals surface area contributed by atoms with E-state index in [1.54, 1.807) is 24.3 Å². The zero-order valence-corrected chi connectivity index (χ0v) is 11.0. The minimum Gasteiger partial charge on any atom is -0.478 e. The van der Waals surface area contributed by atoms with E-state index in [0.717, 1.165) is 12.0 Å². The molecule has 4 aliphatic carbocycles. The summed E-state index contributed by atoms with van der Waals surface area (Å²) in [5.74, 6) is 0.779. The van der Waals surface area contributed by atoms with E-state index in [4.69, 9.17) is 5.11 Å². The molecule has 4 fully saturated rings. The largest absolute Gasteiger partial charge is 0.478 e. The SMILES string of the molecule is C[C@@]12[C@H]3CC[C@@H]1[C@H](C3)[C@]2(O)c1ccc(C(=O)O)cc1. The molecule has 5 atom stereocenters. The van der Waals surface area contributed by atoms with Gasteiger partial charge in [0.15, 0.2) is 0 Å². The molecular formula is C16H18O3. The molecule has 4 bridgehead atoms. The topological polar surface area (TPSA) is 57.5 Å². The second kappa shape index (κ2) is 3.21. The molecule has 1 aromatic rings. The van der Waals surface area contributed by atoms with Gasteiger partial charge in [0.1, 0.15) is 0 Å². The Morgan fingerprint density at radius 3 is 2.37 bits per heavy atom. The predicted octanol–water partition coefficient (Wildman–Crippen LogP) is 2.64. The fraction of sp³-hybridized carbons (Fsp3) is 0.562. The van der Waals surface area contributed by atoms with Crippen molar-refractivity contribution in [2.75, 3.05) is 0 Å². The van der Waals surface area contributed by atoms with Crippen LogP contribution in [-0.2, 0) is 5.60 Å². The fourth-order valence-electron chi connectivity index (χ4n) is 5.49. The van der Waals surface area contributed by atoms with Crippen molar-refractivity contribution in [1.29, 1.82) is 0 Å². The first-order valence-electron chi connectivity index (χ1n) is 7.06. The van der Waals surface area contributed by atoms with Crippen molar-refractivity contribution in [1.82, 2.24) is 0 Å². The first kappa shape index (κ1) is 11.5. The Bertz CT molecular complexity index is 556. The van der Waals surface area contributed by atoms with E-state index in [9.17, 15) is 9.90 Å². The summed E-state index contributed by atoms with van der Waals surface area (Å²) in [5.41, 5.74) is 0.482. The first-order chi connectivity index (χ1) is 8.99. The predicted molar refractivity (Wildman–Crippen MR) is 69.7 cm³/mol. The summed E-state index contributed by atoms with van der Waals surface area (Å²) in [7, 11) is 0. The van der Waals surface area contributed by atoms with Gasteiger partial charge in [0, 0.05) is 5.41 Å².